The maximum Gasteiger partial charge on any atom is 0.249 e. The van der Waals surface area contributed by atoms with E-state index in [1.54, 1.807) is 19.1 Å². The molecule has 0 aliphatic heterocycles. The molecule has 0 fully saturated rings. The van der Waals surface area contributed by atoms with Crippen LogP contribution >= 0.6 is 0 Å². The maximum atomic E-state index is 11.5. The lowest BCUT2D eigenvalue weighted by Gasteiger charge is -2.06. The number of benzene rings is 1. The van der Waals surface area contributed by atoms with Crippen molar-refractivity contribution in [3.8, 4) is 11.5 Å². The lowest BCUT2D eigenvalue weighted by atomic mass is 10.2. The Morgan fingerprint density at radius 3 is 2.86 bits per heavy atom. The Morgan fingerprint density at radius 1 is 1.41 bits per heavy atom. The second kappa shape index (κ2) is 9.17. The summed E-state index contributed by atoms with van der Waals surface area (Å²) in [7, 11) is 0. The smallest absolute Gasteiger partial charge is 0.249 e. The van der Waals surface area contributed by atoms with Crippen LogP contribution in [0.4, 0.5) is 0 Å². The van der Waals surface area contributed by atoms with Crippen LogP contribution in [0.5, 0.6) is 11.5 Å². The van der Waals surface area contributed by atoms with Crippen LogP contribution in [-0.2, 0) is 9.59 Å². The molecular weight excluding hydrogens is 286 g/mol. The third kappa shape index (κ3) is 6.08. The molecule has 0 unspecified atom stereocenters. The highest BCUT2D eigenvalue weighted by Gasteiger charge is 2.07. The number of hydrogen-bond acceptors (Lipinski definition) is 5. The Labute approximate surface area is 128 Å². The van der Waals surface area contributed by atoms with Gasteiger partial charge >= 0.3 is 0 Å². The van der Waals surface area contributed by atoms with Crippen LogP contribution in [0, 0.1) is 0 Å². The van der Waals surface area contributed by atoms with Crippen LogP contribution in [0.15, 0.2) is 36.0 Å². The van der Waals surface area contributed by atoms with Gasteiger partial charge < -0.3 is 15.2 Å². The fraction of sp³-hybridized carbons (Fsp3) is 0.267. The summed E-state index contributed by atoms with van der Waals surface area (Å²) >= 11 is 0. The third-order valence-electron chi connectivity index (χ3n) is 2.45. The molecule has 7 heteroatoms. The maximum absolute atomic E-state index is 11.5. The highest BCUT2D eigenvalue weighted by Crippen LogP contribution is 2.26. The Hall–Kier alpha value is -2.83. The highest BCUT2D eigenvalue weighted by molar-refractivity contribution is 5.97. The van der Waals surface area contributed by atoms with Gasteiger partial charge in [0, 0.05) is 6.54 Å². The van der Waals surface area contributed by atoms with Crippen molar-refractivity contribution in [1.82, 2.24) is 10.7 Å². The van der Waals surface area contributed by atoms with Gasteiger partial charge in [-0.05, 0) is 30.7 Å². The first-order chi connectivity index (χ1) is 10.6. The summed E-state index contributed by atoms with van der Waals surface area (Å²) in [5.74, 6) is -0.569. The second-order valence-corrected chi connectivity index (χ2v) is 4.22. The molecule has 1 rings (SSSR count). The van der Waals surface area contributed by atoms with Crippen LogP contribution < -0.4 is 15.5 Å². The molecule has 2 amide bonds. The van der Waals surface area contributed by atoms with Crippen LogP contribution in [-0.4, -0.2) is 36.3 Å². The quantitative estimate of drug-likeness (QED) is 0.288. The van der Waals surface area contributed by atoms with Crippen LogP contribution in [0.1, 0.15) is 18.9 Å². The van der Waals surface area contributed by atoms with E-state index in [9.17, 15) is 14.7 Å². The van der Waals surface area contributed by atoms with Crippen molar-refractivity contribution in [2.75, 3.05) is 13.2 Å². The number of phenolic OH excluding ortho intramolecular Hbond substituents is 1. The summed E-state index contributed by atoms with van der Waals surface area (Å²) in [6.07, 6.45) is 2.60. The molecule has 3 N–H and O–H groups in total. The molecule has 118 valence electrons. The van der Waals surface area contributed by atoms with Gasteiger partial charge in [-0.2, -0.15) is 5.10 Å². The number of hydrogen-bond donors (Lipinski definition) is 3. The van der Waals surface area contributed by atoms with E-state index < -0.39 is 11.8 Å². The predicted molar refractivity (Wildman–Crippen MR) is 82.8 cm³/mol. The van der Waals surface area contributed by atoms with Gasteiger partial charge in [0.25, 0.3) is 0 Å². The van der Waals surface area contributed by atoms with Crippen molar-refractivity contribution < 1.29 is 19.4 Å². The molecule has 0 spiro atoms. The predicted octanol–water partition coefficient (Wildman–Crippen LogP) is 0.933. The van der Waals surface area contributed by atoms with Gasteiger partial charge in [0.2, 0.25) is 11.8 Å². The van der Waals surface area contributed by atoms with E-state index in [-0.39, 0.29) is 12.2 Å². The standard InChI is InChI=1S/C15H19N3O4/c1-3-7-16-14(20)9-15(21)18-17-10-11-5-6-12(19)13(8-11)22-4-2/h3,5-6,8,10,19H,1,4,7,9H2,2H3,(H,16,20)(H,18,21)/b17-10-. The lowest BCUT2D eigenvalue weighted by molar-refractivity contribution is -0.129. The number of amides is 2. The first-order valence-electron chi connectivity index (χ1n) is 6.72. The van der Waals surface area contributed by atoms with Crippen LogP contribution in [0.3, 0.4) is 0 Å². The molecule has 0 atom stereocenters. The number of nitrogens with one attached hydrogen (secondary N) is 2. The number of carbonyl (C=O) groups is 2. The van der Waals surface area contributed by atoms with Gasteiger partial charge in [0.1, 0.15) is 6.42 Å². The molecular formula is C15H19N3O4. The third-order valence-corrected chi connectivity index (χ3v) is 2.45. The number of phenols is 1. The topological polar surface area (TPSA) is 100 Å². The van der Waals surface area contributed by atoms with E-state index in [1.165, 1.54) is 18.4 Å². The zero-order chi connectivity index (χ0) is 16.4. The monoisotopic (exact) mass is 305 g/mol. The van der Waals surface area contributed by atoms with Crippen molar-refractivity contribution in [2.24, 2.45) is 5.10 Å². The first-order valence-corrected chi connectivity index (χ1v) is 6.72. The number of carbonyl (C=O) groups excluding carboxylic acids is 2. The number of nitrogens with zero attached hydrogens (tertiary/aromatic N) is 1. The van der Waals surface area contributed by atoms with Gasteiger partial charge in [0.05, 0.1) is 12.8 Å². The minimum Gasteiger partial charge on any atom is -0.504 e. The zero-order valence-corrected chi connectivity index (χ0v) is 12.3. The minimum absolute atomic E-state index is 0.0296. The normalized spacial score (nSPS) is 10.2. The van der Waals surface area contributed by atoms with E-state index in [0.717, 1.165) is 0 Å². The average molecular weight is 305 g/mol. The van der Waals surface area contributed by atoms with Gasteiger partial charge in [0.15, 0.2) is 11.5 Å². The summed E-state index contributed by atoms with van der Waals surface area (Å²) in [5.41, 5.74) is 2.88. The summed E-state index contributed by atoms with van der Waals surface area (Å²) in [6.45, 7) is 5.99. The molecule has 1 aromatic carbocycles. The van der Waals surface area contributed by atoms with E-state index in [0.29, 0.717) is 24.5 Å². The molecule has 22 heavy (non-hydrogen) atoms. The van der Waals surface area contributed by atoms with Crippen LogP contribution in [0.25, 0.3) is 0 Å². The zero-order valence-electron chi connectivity index (χ0n) is 12.3. The van der Waals surface area contributed by atoms with E-state index in [1.807, 2.05) is 0 Å². The van der Waals surface area contributed by atoms with Gasteiger partial charge in [-0.25, -0.2) is 5.43 Å². The fourth-order valence-corrected chi connectivity index (χ4v) is 1.49. The SMILES string of the molecule is C=CCNC(=O)CC(=O)N/N=C\c1ccc(O)c(OCC)c1. The van der Waals surface area contributed by atoms with Gasteiger partial charge in [-0.1, -0.05) is 6.08 Å². The van der Waals surface area contributed by atoms with Crippen molar-refractivity contribution >= 4 is 18.0 Å². The molecule has 0 aliphatic carbocycles. The summed E-state index contributed by atoms with van der Waals surface area (Å²) in [5, 5.41) is 15.8. The van der Waals surface area contributed by atoms with Crippen LogP contribution in [0.2, 0.25) is 0 Å². The molecule has 0 radical (unpaired) electrons. The highest BCUT2D eigenvalue weighted by atomic mass is 16.5. The second-order valence-electron chi connectivity index (χ2n) is 4.22. The average Bonchev–Trinajstić information content (AvgIpc) is 2.48. The molecule has 0 saturated carbocycles. The summed E-state index contributed by atoms with van der Waals surface area (Å²) in [4.78, 5) is 22.7. The minimum atomic E-state index is -0.526. The van der Waals surface area contributed by atoms with Crippen molar-refractivity contribution in [2.45, 2.75) is 13.3 Å². The van der Waals surface area contributed by atoms with Gasteiger partial charge in [-0.15, -0.1) is 6.58 Å². The summed E-state index contributed by atoms with van der Waals surface area (Å²) in [6, 6.07) is 4.67. The molecule has 0 aromatic heterocycles. The number of aromatic hydroxyl groups is 1. The molecule has 0 saturated heterocycles. The van der Waals surface area contributed by atoms with Crippen molar-refractivity contribution in [3.05, 3.63) is 36.4 Å². The Bertz CT molecular complexity index is 570. The Morgan fingerprint density at radius 2 is 2.18 bits per heavy atom. The fourth-order valence-electron chi connectivity index (χ4n) is 1.49. The van der Waals surface area contributed by atoms with E-state index in [2.05, 4.69) is 22.4 Å². The van der Waals surface area contributed by atoms with Crippen molar-refractivity contribution in [1.29, 1.82) is 0 Å². The Balaban J connectivity index is 2.51. The molecule has 0 aliphatic rings. The molecule has 1 aromatic rings. The first kappa shape index (κ1) is 17.2. The van der Waals surface area contributed by atoms with Gasteiger partial charge in [-0.3, -0.25) is 9.59 Å². The number of hydrazone groups is 1. The summed E-state index contributed by atoms with van der Waals surface area (Å²) < 4.78 is 5.23. The lowest BCUT2D eigenvalue weighted by Crippen LogP contribution is -2.29. The molecule has 7 nitrogen and oxygen atoms in total. The Kier molecular flexibility index (Phi) is 7.18. The van der Waals surface area contributed by atoms with E-state index in [4.69, 9.17) is 4.74 Å². The number of ether oxygens (including phenoxy) is 1. The van der Waals surface area contributed by atoms with E-state index >= 15 is 0 Å². The molecule has 0 bridgehead atoms. The number of rotatable bonds is 8. The largest absolute Gasteiger partial charge is 0.504 e. The van der Waals surface area contributed by atoms with Crippen molar-refractivity contribution in [3.63, 3.8) is 0 Å². The molecule has 0 heterocycles.